The van der Waals surface area contributed by atoms with Gasteiger partial charge < -0.3 is 14.2 Å². The van der Waals surface area contributed by atoms with Crippen molar-refractivity contribution < 1.29 is 28.6 Å². The minimum Gasteiger partial charge on any atom is -0.462 e. The van der Waals surface area contributed by atoms with E-state index in [1.54, 1.807) is 0 Å². The van der Waals surface area contributed by atoms with Gasteiger partial charge in [0, 0.05) is 19.3 Å². The van der Waals surface area contributed by atoms with Gasteiger partial charge in [0.2, 0.25) is 0 Å². The maximum atomic E-state index is 12.7. The lowest BCUT2D eigenvalue weighted by Gasteiger charge is -2.18. The van der Waals surface area contributed by atoms with Gasteiger partial charge in [0.05, 0.1) is 0 Å². The summed E-state index contributed by atoms with van der Waals surface area (Å²) in [5, 5.41) is 0. The average Bonchev–Trinajstić information content (AvgIpc) is 3.24. The van der Waals surface area contributed by atoms with E-state index in [4.69, 9.17) is 14.2 Å². The Balaban J connectivity index is 4.43. The van der Waals surface area contributed by atoms with E-state index in [0.29, 0.717) is 19.3 Å². The van der Waals surface area contributed by atoms with Crippen molar-refractivity contribution in [1.29, 1.82) is 0 Å². The molecule has 6 heteroatoms. The summed E-state index contributed by atoms with van der Waals surface area (Å²) in [6, 6.07) is 0. The molecule has 60 heavy (non-hydrogen) atoms. The van der Waals surface area contributed by atoms with Gasteiger partial charge in [-0.1, -0.05) is 196 Å². The predicted molar refractivity (Wildman–Crippen MR) is 256 cm³/mol. The van der Waals surface area contributed by atoms with Crippen molar-refractivity contribution in [2.24, 2.45) is 0 Å². The highest BCUT2D eigenvalue weighted by atomic mass is 16.6. The Bertz CT molecular complexity index is 1190. The average molecular weight is 835 g/mol. The minimum absolute atomic E-state index is 0.106. The van der Waals surface area contributed by atoms with E-state index in [0.717, 1.165) is 103 Å². The second-order valence-corrected chi connectivity index (χ2v) is 16.0. The molecule has 342 valence electrons. The number of hydrogen-bond acceptors (Lipinski definition) is 6. The lowest BCUT2D eigenvalue weighted by molar-refractivity contribution is -0.167. The predicted octanol–water partition coefficient (Wildman–Crippen LogP) is 16.0. The maximum absolute atomic E-state index is 12.7. The molecule has 0 aromatic carbocycles. The number of rotatable bonds is 43. The van der Waals surface area contributed by atoms with Crippen LogP contribution in [0.2, 0.25) is 0 Å². The molecular formula is C54H90O6. The number of allylic oxidation sites excluding steroid dienone is 14. The van der Waals surface area contributed by atoms with E-state index in [1.807, 2.05) is 6.08 Å². The van der Waals surface area contributed by atoms with Crippen LogP contribution in [-0.4, -0.2) is 37.2 Å². The number of esters is 3. The first kappa shape index (κ1) is 56.6. The molecule has 0 heterocycles. The van der Waals surface area contributed by atoms with Crippen molar-refractivity contribution >= 4 is 17.9 Å². The molecule has 6 nitrogen and oxygen atoms in total. The van der Waals surface area contributed by atoms with E-state index in [2.05, 4.69) is 99.8 Å². The fourth-order valence-corrected chi connectivity index (χ4v) is 6.52. The summed E-state index contributed by atoms with van der Waals surface area (Å²) in [6.45, 7) is 6.30. The summed E-state index contributed by atoms with van der Waals surface area (Å²) in [5.41, 5.74) is 0. The molecule has 0 saturated carbocycles. The molecule has 0 amide bonds. The summed E-state index contributed by atoms with van der Waals surface area (Å²) in [7, 11) is 0. The summed E-state index contributed by atoms with van der Waals surface area (Å²) < 4.78 is 16.7. The zero-order valence-corrected chi connectivity index (χ0v) is 38.9. The Kier molecular flexibility index (Phi) is 45.5. The van der Waals surface area contributed by atoms with Crippen LogP contribution in [0.5, 0.6) is 0 Å². The van der Waals surface area contributed by atoms with Crippen LogP contribution in [0.3, 0.4) is 0 Å². The molecule has 0 aliphatic rings. The van der Waals surface area contributed by atoms with E-state index < -0.39 is 6.10 Å². The maximum Gasteiger partial charge on any atom is 0.306 e. The number of hydrogen-bond donors (Lipinski definition) is 0. The van der Waals surface area contributed by atoms with Crippen molar-refractivity contribution in [3.8, 4) is 0 Å². The third-order valence-electron chi connectivity index (χ3n) is 10.2. The Morgan fingerprint density at radius 1 is 0.367 bits per heavy atom. The van der Waals surface area contributed by atoms with E-state index >= 15 is 0 Å². The van der Waals surface area contributed by atoms with Gasteiger partial charge in [-0.15, -0.1) is 0 Å². The number of carbonyl (C=O) groups is 3. The molecule has 0 rings (SSSR count). The smallest absolute Gasteiger partial charge is 0.306 e. The molecule has 0 aromatic rings. The molecule has 0 spiro atoms. The highest BCUT2D eigenvalue weighted by molar-refractivity contribution is 5.71. The lowest BCUT2D eigenvalue weighted by Crippen LogP contribution is -2.30. The van der Waals surface area contributed by atoms with Gasteiger partial charge in [-0.3, -0.25) is 14.4 Å². The van der Waals surface area contributed by atoms with Crippen molar-refractivity contribution in [3.05, 3.63) is 85.1 Å². The third kappa shape index (κ3) is 45.7. The van der Waals surface area contributed by atoms with Crippen LogP contribution >= 0.6 is 0 Å². The summed E-state index contributed by atoms with van der Waals surface area (Å²) in [5.74, 6) is -0.996. The van der Waals surface area contributed by atoms with E-state index in [9.17, 15) is 14.4 Å². The summed E-state index contributed by atoms with van der Waals surface area (Å²) in [6.07, 6.45) is 61.5. The molecule has 1 unspecified atom stereocenters. The normalized spacial score (nSPS) is 12.8. The lowest BCUT2D eigenvalue weighted by atomic mass is 10.1. The SMILES string of the molecule is CC\C=C/C=C\C=C/CCCCCCCC(=O)OC(COC(=O)CCC/C=C\C/C=C\C/C=C\CC)COC(=O)CCCCCCC/C=C\CCCCCCCCCCC. The van der Waals surface area contributed by atoms with Crippen LogP contribution < -0.4 is 0 Å². The van der Waals surface area contributed by atoms with Gasteiger partial charge in [-0.25, -0.2) is 0 Å². The van der Waals surface area contributed by atoms with Crippen LogP contribution in [0, 0.1) is 0 Å². The van der Waals surface area contributed by atoms with Crippen molar-refractivity contribution in [3.63, 3.8) is 0 Å². The monoisotopic (exact) mass is 835 g/mol. The first-order valence-electron chi connectivity index (χ1n) is 24.6. The van der Waals surface area contributed by atoms with Crippen LogP contribution in [0.1, 0.15) is 220 Å². The fourth-order valence-electron chi connectivity index (χ4n) is 6.52. The zero-order chi connectivity index (χ0) is 43.7. The molecule has 0 aromatic heterocycles. The first-order valence-corrected chi connectivity index (χ1v) is 24.6. The fraction of sp³-hybridized carbons (Fsp3) is 0.685. The quantitative estimate of drug-likeness (QED) is 0.0200. The second-order valence-electron chi connectivity index (χ2n) is 16.0. The Morgan fingerprint density at radius 2 is 0.750 bits per heavy atom. The molecular weight excluding hydrogens is 745 g/mol. The van der Waals surface area contributed by atoms with Gasteiger partial charge in [0.15, 0.2) is 6.10 Å². The Hall–Kier alpha value is -3.41. The second kappa shape index (κ2) is 48.3. The van der Waals surface area contributed by atoms with Crippen LogP contribution in [0.4, 0.5) is 0 Å². The van der Waals surface area contributed by atoms with Crippen molar-refractivity contribution in [2.45, 2.75) is 226 Å². The minimum atomic E-state index is -0.809. The Labute approximate surface area is 369 Å². The van der Waals surface area contributed by atoms with Gasteiger partial charge in [-0.2, -0.15) is 0 Å². The van der Waals surface area contributed by atoms with Crippen LogP contribution in [0.15, 0.2) is 85.1 Å². The molecule has 0 radical (unpaired) electrons. The highest BCUT2D eigenvalue weighted by Gasteiger charge is 2.19. The number of unbranched alkanes of at least 4 members (excludes halogenated alkanes) is 20. The molecule has 0 N–H and O–H groups in total. The standard InChI is InChI=1S/C54H90O6/c1-4-7-10-13-16-19-22-24-25-26-27-28-30-32-35-38-41-44-47-53(56)59-50-51(49-58-52(55)46-43-40-37-34-31-21-18-15-12-9-6-3)60-54(57)48-45-42-39-36-33-29-23-20-17-14-11-8-5-2/h8-9,11-12,14,17-18,20-21,23,27-28,34,37,51H,4-7,10,13,15-16,19,22,24-26,29-33,35-36,38-50H2,1-3H3/b11-8-,12-9-,17-14-,21-18-,23-20-,28-27-,37-34-. The Morgan fingerprint density at radius 3 is 1.28 bits per heavy atom. The molecule has 0 bridgehead atoms. The largest absolute Gasteiger partial charge is 0.462 e. The zero-order valence-electron chi connectivity index (χ0n) is 38.9. The molecule has 0 saturated heterocycles. The van der Waals surface area contributed by atoms with Gasteiger partial charge in [-0.05, 0) is 89.9 Å². The first-order chi connectivity index (χ1) is 29.5. The molecule has 0 aliphatic heterocycles. The van der Waals surface area contributed by atoms with Gasteiger partial charge >= 0.3 is 17.9 Å². The summed E-state index contributed by atoms with van der Waals surface area (Å²) in [4.78, 5) is 37.8. The number of ether oxygens (including phenoxy) is 3. The van der Waals surface area contributed by atoms with Crippen LogP contribution in [-0.2, 0) is 28.6 Å². The third-order valence-corrected chi connectivity index (χ3v) is 10.2. The van der Waals surface area contributed by atoms with E-state index in [-0.39, 0.29) is 37.5 Å². The number of carbonyl (C=O) groups excluding carboxylic acids is 3. The molecule has 1 atom stereocenters. The molecule has 0 aliphatic carbocycles. The highest BCUT2D eigenvalue weighted by Crippen LogP contribution is 2.13. The van der Waals surface area contributed by atoms with Crippen LogP contribution in [0.25, 0.3) is 0 Å². The molecule has 0 fully saturated rings. The van der Waals surface area contributed by atoms with Gasteiger partial charge in [0.25, 0.3) is 0 Å². The van der Waals surface area contributed by atoms with Crippen molar-refractivity contribution in [2.75, 3.05) is 13.2 Å². The van der Waals surface area contributed by atoms with Crippen molar-refractivity contribution in [1.82, 2.24) is 0 Å². The topological polar surface area (TPSA) is 78.9 Å². The van der Waals surface area contributed by atoms with Gasteiger partial charge in [0.1, 0.15) is 13.2 Å². The van der Waals surface area contributed by atoms with E-state index in [1.165, 1.54) is 70.6 Å². The summed E-state index contributed by atoms with van der Waals surface area (Å²) >= 11 is 0.